The van der Waals surface area contributed by atoms with Crippen LogP contribution in [-0.4, -0.2) is 29.5 Å². The van der Waals surface area contributed by atoms with Gasteiger partial charge in [-0.15, -0.1) is 0 Å². The molecule has 5 heteroatoms. The molecule has 0 saturated carbocycles. The Hall–Kier alpha value is -1.20. The van der Waals surface area contributed by atoms with Crippen LogP contribution in [0, 0.1) is 0 Å². The standard InChI is InChI=1S/C10H17N3O2/c1-3-14-9(15-4-2)5-8-6-12-7-13-10(8)11/h6-7,9H,3-5H2,1-2H3,(H2,11,12,13). The summed E-state index contributed by atoms with van der Waals surface area (Å²) in [5.41, 5.74) is 6.55. The normalized spacial score (nSPS) is 10.9. The van der Waals surface area contributed by atoms with Gasteiger partial charge in [0.2, 0.25) is 0 Å². The zero-order valence-electron chi connectivity index (χ0n) is 9.14. The van der Waals surface area contributed by atoms with E-state index >= 15 is 0 Å². The number of anilines is 1. The van der Waals surface area contributed by atoms with Crippen molar-refractivity contribution in [3.05, 3.63) is 18.1 Å². The van der Waals surface area contributed by atoms with Crippen molar-refractivity contribution in [2.24, 2.45) is 0 Å². The summed E-state index contributed by atoms with van der Waals surface area (Å²) in [5, 5.41) is 0. The number of hydrogen-bond acceptors (Lipinski definition) is 5. The second-order valence-corrected chi connectivity index (χ2v) is 2.98. The third kappa shape index (κ3) is 3.81. The van der Waals surface area contributed by atoms with Crippen LogP contribution in [0.3, 0.4) is 0 Å². The molecule has 84 valence electrons. The van der Waals surface area contributed by atoms with E-state index in [0.29, 0.717) is 25.5 Å². The van der Waals surface area contributed by atoms with Crippen molar-refractivity contribution in [3.63, 3.8) is 0 Å². The molecule has 0 aliphatic rings. The zero-order chi connectivity index (χ0) is 11.1. The predicted molar refractivity (Wildman–Crippen MR) is 57.2 cm³/mol. The molecule has 0 spiro atoms. The van der Waals surface area contributed by atoms with E-state index in [1.54, 1.807) is 6.20 Å². The van der Waals surface area contributed by atoms with Gasteiger partial charge in [-0.25, -0.2) is 9.97 Å². The maximum absolute atomic E-state index is 5.70. The van der Waals surface area contributed by atoms with Crippen LogP contribution < -0.4 is 5.73 Å². The van der Waals surface area contributed by atoms with Crippen LogP contribution in [0.1, 0.15) is 19.4 Å². The topological polar surface area (TPSA) is 70.3 Å². The van der Waals surface area contributed by atoms with Crippen LogP contribution in [0.15, 0.2) is 12.5 Å². The lowest BCUT2D eigenvalue weighted by molar-refractivity contribution is -0.134. The summed E-state index contributed by atoms with van der Waals surface area (Å²) in [6.07, 6.45) is 3.42. The Labute approximate surface area is 89.6 Å². The lowest BCUT2D eigenvalue weighted by Gasteiger charge is -2.16. The molecule has 0 radical (unpaired) electrons. The third-order valence-corrected chi connectivity index (χ3v) is 1.91. The average molecular weight is 211 g/mol. The highest BCUT2D eigenvalue weighted by Gasteiger charge is 2.11. The Morgan fingerprint density at radius 3 is 2.53 bits per heavy atom. The van der Waals surface area contributed by atoms with Gasteiger partial charge in [0, 0.05) is 31.4 Å². The van der Waals surface area contributed by atoms with E-state index in [0.717, 1.165) is 5.56 Å². The minimum atomic E-state index is -0.270. The van der Waals surface area contributed by atoms with Crippen LogP contribution in [-0.2, 0) is 15.9 Å². The summed E-state index contributed by atoms with van der Waals surface area (Å²) >= 11 is 0. The molecule has 0 amide bonds. The van der Waals surface area contributed by atoms with Crippen molar-refractivity contribution < 1.29 is 9.47 Å². The summed E-state index contributed by atoms with van der Waals surface area (Å²) in [4.78, 5) is 7.82. The van der Waals surface area contributed by atoms with E-state index in [4.69, 9.17) is 15.2 Å². The molecule has 0 saturated heterocycles. The van der Waals surface area contributed by atoms with Crippen LogP contribution in [0.25, 0.3) is 0 Å². The summed E-state index contributed by atoms with van der Waals surface area (Å²) in [7, 11) is 0. The van der Waals surface area contributed by atoms with Crippen LogP contribution in [0.2, 0.25) is 0 Å². The first-order valence-electron chi connectivity index (χ1n) is 5.05. The van der Waals surface area contributed by atoms with E-state index in [1.165, 1.54) is 6.33 Å². The number of hydrogen-bond donors (Lipinski definition) is 1. The van der Waals surface area contributed by atoms with Gasteiger partial charge in [0.05, 0.1) is 0 Å². The number of nitrogens with zero attached hydrogens (tertiary/aromatic N) is 2. The molecule has 2 N–H and O–H groups in total. The van der Waals surface area contributed by atoms with E-state index in [9.17, 15) is 0 Å². The second kappa shape index (κ2) is 6.31. The first-order chi connectivity index (χ1) is 7.27. The second-order valence-electron chi connectivity index (χ2n) is 2.98. The van der Waals surface area contributed by atoms with Gasteiger partial charge >= 0.3 is 0 Å². The van der Waals surface area contributed by atoms with Gasteiger partial charge < -0.3 is 15.2 Å². The fraction of sp³-hybridized carbons (Fsp3) is 0.600. The molecule has 0 bridgehead atoms. The Balaban J connectivity index is 2.60. The Morgan fingerprint density at radius 2 is 2.00 bits per heavy atom. The van der Waals surface area contributed by atoms with Gasteiger partial charge in [-0.1, -0.05) is 0 Å². The molecular weight excluding hydrogens is 194 g/mol. The molecular formula is C10H17N3O2. The molecule has 1 rings (SSSR count). The van der Waals surface area contributed by atoms with E-state index in [-0.39, 0.29) is 6.29 Å². The van der Waals surface area contributed by atoms with Crippen molar-refractivity contribution >= 4 is 5.82 Å². The molecule has 0 aliphatic heterocycles. The van der Waals surface area contributed by atoms with Gasteiger partial charge in [-0.3, -0.25) is 0 Å². The summed E-state index contributed by atoms with van der Waals surface area (Å²) in [6.45, 7) is 5.07. The number of aromatic nitrogens is 2. The van der Waals surface area contributed by atoms with Crippen molar-refractivity contribution in [2.45, 2.75) is 26.6 Å². The molecule has 0 aromatic carbocycles. The number of nitrogen functional groups attached to an aromatic ring is 1. The molecule has 0 unspecified atom stereocenters. The highest BCUT2D eigenvalue weighted by molar-refractivity contribution is 5.36. The van der Waals surface area contributed by atoms with E-state index in [2.05, 4.69) is 9.97 Å². The maximum Gasteiger partial charge on any atom is 0.161 e. The van der Waals surface area contributed by atoms with Crippen molar-refractivity contribution in [2.75, 3.05) is 18.9 Å². The van der Waals surface area contributed by atoms with Crippen molar-refractivity contribution in [3.8, 4) is 0 Å². The van der Waals surface area contributed by atoms with Crippen LogP contribution in [0.4, 0.5) is 5.82 Å². The quantitative estimate of drug-likeness (QED) is 0.711. The maximum atomic E-state index is 5.70. The highest BCUT2D eigenvalue weighted by Crippen LogP contribution is 2.11. The number of nitrogens with two attached hydrogens (primary N) is 1. The Morgan fingerprint density at radius 1 is 1.33 bits per heavy atom. The Kier molecular flexibility index (Phi) is 5.00. The van der Waals surface area contributed by atoms with Gasteiger partial charge in [-0.2, -0.15) is 0 Å². The van der Waals surface area contributed by atoms with E-state index < -0.39 is 0 Å². The number of ether oxygens (including phenoxy) is 2. The summed E-state index contributed by atoms with van der Waals surface area (Å²) < 4.78 is 10.8. The third-order valence-electron chi connectivity index (χ3n) is 1.91. The lowest BCUT2D eigenvalue weighted by Crippen LogP contribution is -2.21. The van der Waals surface area contributed by atoms with E-state index in [1.807, 2.05) is 13.8 Å². The molecule has 15 heavy (non-hydrogen) atoms. The van der Waals surface area contributed by atoms with Gasteiger partial charge in [0.15, 0.2) is 6.29 Å². The SMILES string of the molecule is CCOC(Cc1cncnc1N)OCC. The molecule has 1 aromatic heterocycles. The average Bonchev–Trinajstić information content (AvgIpc) is 2.22. The summed E-state index contributed by atoms with van der Waals surface area (Å²) in [6, 6.07) is 0. The fourth-order valence-electron chi connectivity index (χ4n) is 1.24. The van der Waals surface area contributed by atoms with Crippen LogP contribution >= 0.6 is 0 Å². The first kappa shape index (κ1) is 11.9. The smallest absolute Gasteiger partial charge is 0.161 e. The van der Waals surface area contributed by atoms with Crippen molar-refractivity contribution in [1.29, 1.82) is 0 Å². The zero-order valence-corrected chi connectivity index (χ0v) is 9.14. The Bertz CT molecular complexity index is 288. The molecule has 0 fully saturated rings. The molecule has 0 atom stereocenters. The molecule has 1 aromatic rings. The van der Waals surface area contributed by atoms with Gasteiger partial charge in [0.25, 0.3) is 0 Å². The largest absolute Gasteiger partial charge is 0.383 e. The van der Waals surface area contributed by atoms with Crippen LogP contribution in [0.5, 0.6) is 0 Å². The highest BCUT2D eigenvalue weighted by atomic mass is 16.7. The fourth-order valence-corrected chi connectivity index (χ4v) is 1.24. The first-order valence-corrected chi connectivity index (χ1v) is 5.05. The molecule has 5 nitrogen and oxygen atoms in total. The minimum Gasteiger partial charge on any atom is -0.383 e. The molecule has 0 aliphatic carbocycles. The molecule has 1 heterocycles. The van der Waals surface area contributed by atoms with Crippen molar-refractivity contribution in [1.82, 2.24) is 9.97 Å². The van der Waals surface area contributed by atoms with Gasteiger partial charge in [-0.05, 0) is 13.8 Å². The predicted octanol–water partition coefficient (Wildman–Crippen LogP) is 1.00. The van der Waals surface area contributed by atoms with Gasteiger partial charge in [0.1, 0.15) is 12.1 Å². The summed E-state index contributed by atoms with van der Waals surface area (Å²) in [5.74, 6) is 0.481. The number of rotatable bonds is 6. The minimum absolute atomic E-state index is 0.270. The monoisotopic (exact) mass is 211 g/mol. The lowest BCUT2D eigenvalue weighted by atomic mass is 10.2.